The standard InChI is InChI=1S/C12H23Br/c1-2-3-4-5-6-7-11-8-9-12(13)10-11/h11-12H,2-10H2,1H3. The third-order valence-corrected chi connectivity index (χ3v) is 4.02. The van der Waals surface area contributed by atoms with Crippen molar-refractivity contribution in [2.75, 3.05) is 0 Å². The van der Waals surface area contributed by atoms with Gasteiger partial charge in [-0.05, 0) is 25.2 Å². The van der Waals surface area contributed by atoms with Crippen LogP contribution in [-0.2, 0) is 0 Å². The summed E-state index contributed by atoms with van der Waals surface area (Å²) in [6.45, 7) is 2.28. The average Bonchev–Trinajstić information content (AvgIpc) is 2.51. The molecule has 78 valence electrons. The van der Waals surface area contributed by atoms with Crippen molar-refractivity contribution in [2.24, 2.45) is 5.92 Å². The van der Waals surface area contributed by atoms with Gasteiger partial charge in [0.1, 0.15) is 0 Å². The zero-order valence-corrected chi connectivity index (χ0v) is 10.5. The molecule has 1 fully saturated rings. The Bertz CT molecular complexity index is 122. The van der Waals surface area contributed by atoms with Crippen LogP contribution >= 0.6 is 15.9 Å². The van der Waals surface area contributed by atoms with Crippen LogP contribution in [0.3, 0.4) is 0 Å². The molecule has 0 radical (unpaired) electrons. The van der Waals surface area contributed by atoms with E-state index in [1.165, 1.54) is 57.8 Å². The van der Waals surface area contributed by atoms with E-state index in [0.717, 1.165) is 10.7 Å². The van der Waals surface area contributed by atoms with Crippen LogP contribution in [0.2, 0.25) is 0 Å². The minimum atomic E-state index is 0.841. The Morgan fingerprint density at radius 1 is 1.08 bits per heavy atom. The van der Waals surface area contributed by atoms with Gasteiger partial charge in [0.05, 0.1) is 0 Å². The summed E-state index contributed by atoms with van der Waals surface area (Å²) in [6.07, 6.45) is 13.0. The number of halogens is 1. The lowest BCUT2D eigenvalue weighted by molar-refractivity contribution is 0.465. The van der Waals surface area contributed by atoms with Crippen molar-refractivity contribution in [3.05, 3.63) is 0 Å². The Morgan fingerprint density at radius 3 is 2.46 bits per heavy atom. The lowest BCUT2D eigenvalue weighted by atomic mass is 9.99. The number of rotatable bonds is 6. The van der Waals surface area contributed by atoms with Crippen LogP contribution in [0.4, 0.5) is 0 Å². The van der Waals surface area contributed by atoms with E-state index in [1.807, 2.05) is 0 Å². The van der Waals surface area contributed by atoms with E-state index in [0.29, 0.717) is 0 Å². The molecular formula is C12H23Br. The highest BCUT2D eigenvalue weighted by atomic mass is 79.9. The molecule has 1 aliphatic rings. The number of unbranched alkanes of at least 4 members (excludes halogenated alkanes) is 4. The molecule has 0 heterocycles. The van der Waals surface area contributed by atoms with Gasteiger partial charge < -0.3 is 0 Å². The van der Waals surface area contributed by atoms with Crippen molar-refractivity contribution in [1.82, 2.24) is 0 Å². The van der Waals surface area contributed by atoms with Gasteiger partial charge in [-0.1, -0.05) is 61.4 Å². The summed E-state index contributed by atoms with van der Waals surface area (Å²) in [5, 5.41) is 0. The van der Waals surface area contributed by atoms with E-state index in [9.17, 15) is 0 Å². The van der Waals surface area contributed by atoms with Gasteiger partial charge in [0.2, 0.25) is 0 Å². The number of alkyl halides is 1. The highest BCUT2D eigenvalue weighted by Gasteiger charge is 2.21. The van der Waals surface area contributed by atoms with Crippen molar-refractivity contribution in [2.45, 2.75) is 69.5 Å². The first kappa shape index (κ1) is 11.6. The molecule has 1 rings (SSSR count). The molecule has 0 aliphatic heterocycles. The van der Waals surface area contributed by atoms with Gasteiger partial charge in [0.25, 0.3) is 0 Å². The maximum absolute atomic E-state index is 3.71. The smallest absolute Gasteiger partial charge is 0.0148 e. The molecule has 0 bridgehead atoms. The largest absolute Gasteiger partial charge is 0.0891 e. The third-order valence-electron chi connectivity index (χ3n) is 3.19. The van der Waals surface area contributed by atoms with Gasteiger partial charge in [-0.25, -0.2) is 0 Å². The second-order valence-electron chi connectivity index (χ2n) is 4.48. The van der Waals surface area contributed by atoms with Crippen LogP contribution in [0.15, 0.2) is 0 Å². The van der Waals surface area contributed by atoms with Gasteiger partial charge in [0, 0.05) is 4.83 Å². The van der Waals surface area contributed by atoms with Crippen LogP contribution in [0, 0.1) is 5.92 Å². The molecule has 0 aromatic carbocycles. The normalized spacial score (nSPS) is 28.2. The minimum Gasteiger partial charge on any atom is -0.0891 e. The summed E-state index contributed by atoms with van der Waals surface area (Å²) in [6, 6.07) is 0. The molecular weight excluding hydrogens is 224 g/mol. The first-order valence-corrected chi connectivity index (χ1v) is 6.88. The van der Waals surface area contributed by atoms with E-state index >= 15 is 0 Å². The van der Waals surface area contributed by atoms with E-state index < -0.39 is 0 Å². The highest BCUT2D eigenvalue weighted by molar-refractivity contribution is 9.09. The number of hydrogen-bond donors (Lipinski definition) is 0. The fourth-order valence-electron chi connectivity index (χ4n) is 2.31. The van der Waals surface area contributed by atoms with Gasteiger partial charge in [0.15, 0.2) is 0 Å². The van der Waals surface area contributed by atoms with E-state index in [4.69, 9.17) is 0 Å². The van der Waals surface area contributed by atoms with Gasteiger partial charge >= 0.3 is 0 Å². The second kappa shape index (κ2) is 6.86. The zero-order chi connectivity index (χ0) is 9.52. The van der Waals surface area contributed by atoms with Crippen molar-refractivity contribution in [3.63, 3.8) is 0 Å². The van der Waals surface area contributed by atoms with Crippen molar-refractivity contribution < 1.29 is 0 Å². The molecule has 0 N–H and O–H groups in total. The predicted molar refractivity (Wildman–Crippen MR) is 63.4 cm³/mol. The molecule has 0 saturated heterocycles. The van der Waals surface area contributed by atoms with Crippen molar-refractivity contribution in [1.29, 1.82) is 0 Å². The summed E-state index contributed by atoms with van der Waals surface area (Å²) in [5.74, 6) is 1.05. The molecule has 0 aromatic heterocycles. The Balaban J connectivity index is 1.88. The number of hydrogen-bond acceptors (Lipinski definition) is 0. The maximum Gasteiger partial charge on any atom is 0.0148 e. The van der Waals surface area contributed by atoms with Crippen LogP contribution in [-0.4, -0.2) is 4.83 Å². The summed E-state index contributed by atoms with van der Waals surface area (Å²) in [5.41, 5.74) is 0. The quantitative estimate of drug-likeness (QED) is 0.462. The first-order valence-electron chi connectivity index (χ1n) is 5.97. The maximum atomic E-state index is 3.71. The van der Waals surface area contributed by atoms with E-state index in [1.54, 1.807) is 0 Å². The summed E-state index contributed by atoms with van der Waals surface area (Å²) in [4.78, 5) is 0.841. The van der Waals surface area contributed by atoms with Crippen LogP contribution < -0.4 is 0 Å². The Hall–Kier alpha value is 0.480. The average molecular weight is 247 g/mol. The van der Waals surface area contributed by atoms with Gasteiger partial charge in [-0.3, -0.25) is 0 Å². The molecule has 1 aliphatic carbocycles. The lowest BCUT2D eigenvalue weighted by Crippen LogP contribution is -1.95. The molecule has 0 spiro atoms. The molecule has 1 heteroatoms. The summed E-state index contributed by atoms with van der Waals surface area (Å²) < 4.78 is 0. The monoisotopic (exact) mass is 246 g/mol. The highest BCUT2D eigenvalue weighted by Crippen LogP contribution is 2.33. The topological polar surface area (TPSA) is 0 Å². The fraction of sp³-hybridized carbons (Fsp3) is 1.00. The predicted octanol–water partition coefficient (Wildman–Crippen LogP) is 4.91. The molecule has 0 nitrogen and oxygen atoms in total. The van der Waals surface area contributed by atoms with Gasteiger partial charge in [-0.15, -0.1) is 0 Å². The summed E-state index contributed by atoms with van der Waals surface area (Å²) in [7, 11) is 0. The summed E-state index contributed by atoms with van der Waals surface area (Å²) >= 11 is 3.71. The van der Waals surface area contributed by atoms with Crippen molar-refractivity contribution >= 4 is 15.9 Å². The molecule has 2 atom stereocenters. The van der Waals surface area contributed by atoms with Crippen molar-refractivity contribution in [3.8, 4) is 0 Å². The van der Waals surface area contributed by atoms with Crippen LogP contribution in [0.1, 0.15) is 64.7 Å². The molecule has 1 saturated carbocycles. The first-order chi connectivity index (χ1) is 6.33. The molecule has 0 amide bonds. The van der Waals surface area contributed by atoms with Crippen LogP contribution in [0.5, 0.6) is 0 Å². The Kier molecular flexibility index (Phi) is 6.10. The molecule has 2 unspecified atom stereocenters. The third kappa shape index (κ3) is 5.05. The Morgan fingerprint density at radius 2 is 1.85 bits per heavy atom. The van der Waals surface area contributed by atoms with Crippen LogP contribution in [0.25, 0.3) is 0 Å². The Labute approximate surface area is 91.6 Å². The van der Waals surface area contributed by atoms with E-state index in [2.05, 4.69) is 22.9 Å². The second-order valence-corrected chi connectivity index (χ2v) is 5.77. The minimum absolute atomic E-state index is 0.841. The van der Waals surface area contributed by atoms with E-state index in [-0.39, 0.29) is 0 Å². The molecule has 0 aromatic rings. The lowest BCUT2D eigenvalue weighted by Gasteiger charge is -2.07. The fourth-order valence-corrected chi connectivity index (χ4v) is 3.11. The van der Waals surface area contributed by atoms with Gasteiger partial charge in [-0.2, -0.15) is 0 Å². The SMILES string of the molecule is CCCCCCCC1CCC(Br)C1. The molecule has 13 heavy (non-hydrogen) atoms. The zero-order valence-electron chi connectivity index (χ0n) is 8.90.